The van der Waals surface area contributed by atoms with Gasteiger partial charge in [-0.05, 0) is 29.3 Å². The third-order valence-electron chi connectivity index (χ3n) is 6.19. The monoisotopic (exact) mass is 466 g/mol. The van der Waals surface area contributed by atoms with Crippen LogP contribution in [0.1, 0.15) is 23.6 Å². The second kappa shape index (κ2) is 10.1. The lowest BCUT2D eigenvalue weighted by Crippen LogP contribution is -2.65. The molecule has 1 fully saturated rings. The number of hydrogen-bond acceptors (Lipinski definition) is 7. The fourth-order valence-corrected chi connectivity index (χ4v) is 4.46. The van der Waals surface area contributed by atoms with Gasteiger partial charge in [-0.2, -0.15) is 0 Å². The lowest BCUT2D eigenvalue weighted by Gasteiger charge is -2.50. The Kier molecular flexibility index (Phi) is 6.98. The van der Waals surface area contributed by atoms with E-state index in [-0.39, 0.29) is 18.0 Å². The Morgan fingerprint density at radius 1 is 0.941 bits per heavy atom. The summed E-state index contributed by atoms with van der Waals surface area (Å²) in [7, 11) is 6.29. The van der Waals surface area contributed by atoms with E-state index in [1.807, 2.05) is 54.6 Å². The number of nitrogens with two attached hydrogens (primary N) is 1. The number of carbonyl (C=O) groups is 1. The third-order valence-corrected chi connectivity index (χ3v) is 6.19. The summed E-state index contributed by atoms with van der Waals surface area (Å²) in [5, 5.41) is 0. The first-order valence-corrected chi connectivity index (χ1v) is 11.0. The van der Waals surface area contributed by atoms with E-state index < -0.39 is 6.04 Å². The first-order valence-electron chi connectivity index (χ1n) is 11.0. The van der Waals surface area contributed by atoms with Gasteiger partial charge < -0.3 is 34.3 Å². The van der Waals surface area contributed by atoms with Crippen molar-refractivity contribution in [1.29, 1.82) is 0 Å². The number of methoxy groups -OCH3 is 4. The van der Waals surface area contributed by atoms with Gasteiger partial charge in [0.1, 0.15) is 18.4 Å². The molecule has 180 valence electrons. The van der Waals surface area contributed by atoms with Crippen molar-refractivity contribution in [2.75, 3.05) is 28.4 Å². The third kappa shape index (κ3) is 4.28. The number of carbonyl (C=O) groups excluding carboxylic acids is 1. The molecule has 0 aromatic heterocycles. The second-order valence-corrected chi connectivity index (χ2v) is 8.07. The Balaban J connectivity index is 1.61. The smallest absolute Gasteiger partial charge is 0.243 e. The van der Waals surface area contributed by atoms with Gasteiger partial charge in [0.2, 0.25) is 5.91 Å². The predicted octanol–water partition coefficient (Wildman–Crippen LogP) is 3.29. The van der Waals surface area contributed by atoms with E-state index in [9.17, 15) is 4.79 Å². The summed E-state index contributed by atoms with van der Waals surface area (Å²) in [6.07, 6.45) is 2.32. The Hall–Kier alpha value is -3.65. The van der Waals surface area contributed by atoms with Gasteiger partial charge in [0, 0.05) is 6.42 Å². The lowest BCUT2D eigenvalue weighted by atomic mass is 9.85. The van der Waals surface area contributed by atoms with E-state index in [0.717, 1.165) is 11.1 Å². The summed E-state index contributed by atoms with van der Waals surface area (Å²) in [4.78, 5) is 14.7. The number of benzene rings is 2. The second-order valence-electron chi connectivity index (χ2n) is 8.07. The summed E-state index contributed by atoms with van der Waals surface area (Å²) in [5.41, 5.74) is 8.19. The molecule has 4 rings (SSSR count). The molecular formula is C26H30N2O6. The molecule has 2 aromatic carbocycles. The maximum absolute atomic E-state index is 12.9. The number of ether oxygens (including phenoxy) is 5. The predicted molar refractivity (Wildman–Crippen MR) is 126 cm³/mol. The minimum absolute atomic E-state index is 0.138. The summed E-state index contributed by atoms with van der Waals surface area (Å²) >= 11 is 0. The highest BCUT2D eigenvalue weighted by Crippen LogP contribution is 2.42. The van der Waals surface area contributed by atoms with Gasteiger partial charge in [-0.15, -0.1) is 0 Å². The lowest BCUT2D eigenvalue weighted by molar-refractivity contribution is -0.152. The Morgan fingerprint density at radius 3 is 2.35 bits per heavy atom. The molecule has 0 saturated carbocycles. The van der Waals surface area contributed by atoms with Crippen molar-refractivity contribution < 1.29 is 28.5 Å². The molecule has 1 saturated heterocycles. The number of nitrogens with zero attached hydrogens (tertiary/aromatic N) is 1. The zero-order valence-corrected chi connectivity index (χ0v) is 19.8. The van der Waals surface area contributed by atoms with Crippen LogP contribution in [0.4, 0.5) is 0 Å². The highest BCUT2D eigenvalue weighted by Gasteiger charge is 2.50. The zero-order valence-electron chi connectivity index (χ0n) is 19.8. The van der Waals surface area contributed by atoms with Gasteiger partial charge in [0.25, 0.3) is 0 Å². The SMILES string of the molecule is COC1=CC(N2C(=O)C(N)[C@@H]2c2ccc(OC)c(OCc3ccccc3)c2)CC(OC)=C1OC. The van der Waals surface area contributed by atoms with E-state index in [1.165, 1.54) is 0 Å². The quantitative estimate of drug-likeness (QED) is 0.567. The van der Waals surface area contributed by atoms with Crippen molar-refractivity contribution in [1.82, 2.24) is 4.90 Å². The number of β-lactam (4-membered cyclic amide) rings is 1. The van der Waals surface area contributed by atoms with Gasteiger partial charge in [-0.1, -0.05) is 36.4 Å². The maximum atomic E-state index is 12.9. The Labute approximate surface area is 199 Å². The molecule has 0 bridgehead atoms. The molecule has 3 atom stereocenters. The van der Waals surface area contributed by atoms with Crippen molar-refractivity contribution in [3.63, 3.8) is 0 Å². The van der Waals surface area contributed by atoms with E-state index in [0.29, 0.717) is 41.8 Å². The molecule has 8 heteroatoms. The van der Waals surface area contributed by atoms with Gasteiger partial charge in [0.15, 0.2) is 23.0 Å². The zero-order chi connectivity index (χ0) is 24.2. The van der Waals surface area contributed by atoms with E-state index >= 15 is 0 Å². The van der Waals surface area contributed by atoms with Crippen molar-refractivity contribution in [3.05, 3.63) is 83.0 Å². The van der Waals surface area contributed by atoms with Crippen LogP contribution in [-0.4, -0.2) is 51.3 Å². The fraction of sp³-hybridized carbons (Fsp3) is 0.346. The van der Waals surface area contributed by atoms with Crippen LogP contribution in [0, 0.1) is 0 Å². The minimum Gasteiger partial charge on any atom is -0.497 e. The number of likely N-dealkylation sites (tertiary alicyclic amines) is 1. The molecule has 2 unspecified atom stereocenters. The molecule has 0 radical (unpaired) electrons. The van der Waals surface area contributed by atoms with E-state index in [1.54, 1.807) is 33.3 Å². The van der Waals surface area contributed by atoms with Crippen LogP contribution in [0.25, 0.3) is 0 Å². The molecule has 2 aliphatic rings. The van der Waals surface area contributed by atoms with Gasteiger partial charge >= 0.3 is 0 Å². The van der Waals surface area contributed by atoms with Crippen molar-refractivity contribution >= 4 is 5.91 Å². The number of amides is 1. The largest absolute Gasteiger partial charge is 0.497 e. The van der Waals surface area contributed by atoms with Crippen LogP contribution in [0.3, 0.4) is 0 Å². The summed E-state index contributed by atoms with van der Waals surface area (Å²) in [6.45, 7) is 0.393. The average Bonchev–Trinajstić information content (AvgIpc) is 2.89. The van der Waals surface area contributed by atoms with Crippen LogP contribution >= 0.6 is 0 Å². The molecular weight excluding hydrogens is 436 g/mol. The standard InChI is InChI=1S/C26H30N2O6/c1-30-19-11-10-17(12-20(19)34-15-16-8-6-5-7-9-16)24-23(27)26(29)28(24)18-13-21(31-2)25(33-4)22(14-18)32-3/h5-13,18,23-24H,14-15,27H2,1-4H3/t18?,23?,24-/m0/s1. The van der Waals surface area contributed by atoms with Crippen molar-refractivity contribution in [3.8, 4) is 11.5 Å². The summed E-state index contributed by atoms with van der Waals surface area (Å²) in [5.74, 6) is 2.71. The van der Waals surface area contributed by atoms with Crippen LogP contribution < -0.4 is 15.2 Å². The molecule has 1 heterocycles. The fourth-order valence-electron chi connectivity index (χ4n) is 4.46. The van der Waals surface area contributed by atoms with Crippen molar-refractivity contribution in [2.45, 2.75) is 31.2 Å². The van der Waals surface area contributed by atoms with Crippen molar-refractivity contribution in [2.24, 2.45) is 5.73 Å². The topological polar surface area (TPSA) is 92.5 Å². The molecule has 1 aliphatic carbocycles. The van der Waals surface area contributed by atoms with Gasteiger partial charge in [-0.3, -0.25) is 4.79 Å². The van der Waals surface area contributed by atoms with Crippen LogP contribution in [0.2, 0.25) is 0 Å². The number of rotatable bonds is 9. The highest BCUT2D eigenvalue weighted by molar-refractivity contribution is 5.90. The first-order chi connectivity index (χ1) is 16.5. The molecule has 1 aliphatic heterocycles. The highest BCUT2D eigenvalue weighted by atomic mass is 16.5. The minimum atomic E-state index is -0.659. The molecule has 1 amide bonds. The van der Waals surface area contributed by atoms with Crippen LogP contribution in [0.15, 0.2) is 71.9 Å². The molecule has 2 aromatic rings. The van der Waals surface area contributed by atoms with Crippen LogP contribution in [-0.2, 0) is 25.6 Å². The molecule has 34 heavy (non-hydrogen) atoms. The normalized spacial score (nSPS) is 22.0. The maximum Gasteiger partial charge on any atom is 0.243 e. The first kappa shape index (κ1) is 23.5. The van der Waals surface area contributed by atoms with E-state index in [2.05, 4.69) is 0 Å². The Morgan fingerprint density at radius 2 is 1.71 bits per heavy atom. The Bertz CT molecular complexity index is 1100. The molecule has 0 spiro atoms. The average molecular weight is 467 g/mol. The molecule has 8 nitrogen and oxygen atoms in total. The van der Waals surface area contributed by atoms with Gasteiger partial charge in [-0.25, -0.2) is 0 Å². The summed E-state index contributed by atoms with van der Waals surface area (Å²) < 4.78 is 28.0. The summed E-state index contributed by atoms with van der Waals surface area (Å²) in [6, 6.07) is 14.2. The van der Waals surface area contributed by atoms with Crippen LogP contribution in [0.5, 0.6) is 11.5 Å². The van der Waals surface area contributed by atoms with E-state index in [4.69, 9.17) is 29.4 Å². The molecule has 2 N–H and O–H groups in total. The number of hydrogen-bond donors (Lipinski definition) is 1. The van der Waals surface area contributed by atoms with Gasteiger partial charge in [0.05, 0.1) is 40.5 Å².